The Morgan fingerprint density at radius 1 is 0.978 bits per heavy atom. The van der Waals surface area contributed by atoms with Crippen LogP contribution >= 0.6 is 0 Å². The van der Waals surface area contributed by atoms with Crippen LogP contribution in [0.4, 0.5) is 10.5 Å². The number of aryl methyl sites for hydroxylation is 3. The van der Waals surface area contributed by atoms with E-state index in [0.29, 0.717) is 43.1 Å². The van der Waals surface area contributed by atoms with Crippen molar-refractivity contribution in [2.24, 2.45) is 0 Å². The molecule has 0 unspecified atom stereocenters. The quantitative estimate of drug-likeness (QED) is 0.167. The Morgan fingerprint density at radius 3 is 2.57 bits per heavy atom. The first kappa shape index (κ1) is 32.3. The number of fused-ring (bicyclic) bond motifs is 1. The molecule has 4 aromatic rings. The molecule has 1 aliphatic rings. The predicted molar refractivity (Wildman–Crippen MR) is 175 cm³/mol. The van der Waals surface area contributed by atoms with Crippen molar-refractivity contribution in [2.45, 2.75) is 66.5 Å². The molecule has 0 saturated heterocycles. The average Bonchev–Trinajstić information content (AvgIpc) is 3.34. The normalized spacial score (nSPS) is 12.4. The molecule has 0 radical (unpaired) electrons. The Balaban J connectivity index is 1.20. The monoisotopic (exact) mass is 624 g/mol. The second-order valence-electron chi connectivity index (χ2n) is 11.6. The number of benzene rings is 3. The Hall–Kier alpha value is -5.05. The number of carbonyl (C=O) groups is 3. The molecular formula is C37H40N2O7. The second kappa shape index (κ2) is 14.4. The lowest BCUT2D eigenvalue weighted by Crippen LogP contribution is -2.35. The molecule has 5 rings (SSSR count). The molecule has 46 heavy (non-hydrogen) atoms. The van der Waals surface area contributed by atoms with E-state index >= 15 is 0 Å². The van der Waals surface area contributed by atoms with Crippen LogP contribution in [0.1, 0.15) is 69.0 Å². The number of amides is 2. The van der Waals surface area contributed by atoms with E-state index in [-0.39, 0.29) is 24.6 Å². The van der Waals surface area contributed by atoms with Crippen LogP contribution in [-0.2, 0) is 29.1 Å². The summed E-state index contributed by atoms with van der Waals surface area (Å²) in [4.78, 5) is 39.3. The number of carboxylic acid groups (broad SMARTS) is 1. The van der Waals surface area contributed by atoms with E-state index < -0.39 is 12.1 Å². The Kier molecular flexibility index (Phi) is 10.1. The van der Waals surface area contributed by atoms with Crippen molar-refractivity contribution in [3.05, 3.63) is 106 Å². The topological polar surface area (TPSA) is 118 Å². The molecular weight excluding hydrogens is 584 g/mol. The van der Waals surface area contributed by atoms with Gasteiger partial charge in [0.25, 0.3) is 0 Å². The number of ether oxygens (including phenoxy) is 2. The van der Waals surface area contributed by atoms with Crippen LogP contribution in [-0.4, -0.2) is 36.2 Å². The van der Waals surface area contributed by atoms with Crippen molar-refractivity contribution in [3.63, 3.8) is 0 Å². The van der Waals surface area contributed by atoms with Gasteiger partial charge in [-0.2, -0.15) is 0 Å². The van der Waals surface area contributed by atoms with Gasteiger partial charge in [-0.15, -0.1) is 0 Å². The number of carboxylic acids is 1. The van der Waals surface area contributed by atoms with Gasteiger partial charge in [-0.05, 0) is 98.5 Å². The number of alkyl carbamates (subject to hydrolysis) is 1. The Labute approximate surface area is 269 Å². The fourth-order valence-corrected chi connectivity index (χ4v) is 5.99. The van der Waals surface area contributed by atoms with E-state index in [0.717, 1.165) is 52.1 Å². The highest BCUT2D eigenvalue weighted by Gasteiger charge is 2.25. The summed E-state index contributed by atoms with van der Waals surface area (Å²) in [6, 6.07) is 19.9. The minimum atomic E-state index is -1.11. The first-order valence-corrected chi connectivity index (χ1v) is 15.6. The summed E-state index contributed by atoms with van der Waals surface area (Å²) >= 11 is 0. The average molecular weight is 625 g/mol. The van der Waals surface area contributed by atoms with Crippen molar-refractivity contribution >= 4 is 23.7 Å². The first-order valence-electron chi connectivity index (χ1n) is 15.6. The lowest BCUT2D eigenvalue weighted by atomic mass is 9.91. The molecule has 3 aromatic carbocycles. The molecule has 0 atom stereocenters. The van der Waals surface area contributed by atoms with Crippen molar-refractivity contribution < 1.29 is 33.4 Å². The third-order valence-corrected chi connectivity index (χ3v) is 8.52. The van der Waals surface area contributed by atoms with Gasteiger partial charge in [-0.1, -0.05) is 42.5 Å². The highest BCUT2D eigenvalue weighted by molar-refractivity contribution is 5.96. The van der Waals surface area contributed by atoms with Gasteiger partial charge in [0, 0.05) is 24.2 Å². The van der Waals surface area contributed by atoms with E-state index in [9.17, 15) is 19.5 Å². The molecule has 2 N–H and O–H groups in total. The summed E-state index contributed by atoms with van der Waals surface area (Å²) in [5.41, 5.74) is 7.67. The molecule has 9 nitrogen and oxygen atoms in total. The molecule has 2 heterocycles. The Morgan fingerprint density at radius 2 is 1.76 bits per heavy atom. The van der Waals surface area contributed by atoms with Gasteiger partial charge in [0.2, 0.25) is 5.91 Å². The molecule has 0 aliphatic carbocycles. The van der Waals surface area contributed by atoms with Crippen LogP contribution in [0.2, 0.25) is 0 Å². The first-order chi connectivity index (χ1) is 22.1. The maximum absolute atomic E-state index is 13.3. The summed E-state index contributed by atoms with van der Waals surface area (Å²) in [7, 11) is 0. The SMILES string of the molecule is Cc1cccc(OCCCC(=O)N2CCCc3c(-c4cccc(COC(=O)NCc5c(C)oc(C)c5C(=O)O)c4)cccc32)c1C. The van der Waals surface area contributed by atoms with Gasteiger partial charge in [0.05, 0.1) is 13.2 Å². The molecule has 0 fully saturated rings. The minimum Gasteiger partial charge on any atom is -0.493 e. The zero-order valence-electron chi connectivity index (χ0n) is 26.8. The van der Waals surface area contributed by atoms with E-state index in [1.807, 2.05) is 60.4 Å². The number of rotatable bonds is 11. The van der Waals surface area contributed by atoms with E-state index in [1.54, 1.807) is 13.8 Å². The largest absolute Gasteiger partial charge is 0.493 e. The van der Waals surface area contributed by atoms with E-state index in [4.69, 9.17) is 13.9 Å². The lowest BCUT2D eigenvalue weighted by molar-refractivity contribution is -0.118. The van der Waals surface area contributed by atoms with Crippen LogP contribution in [0.5, 0.6) is 5.75 Å². The molecule has 0 spiro atoms. The zero-order chi connectivity index (χ0) is 32.8. The van der Waals surface area contributed by atoms with Crippen molar-refractivity contribution in [1.82, 2.24) is 5.32 Å². The predicted octanol–water partition coefficient (Wildman–Crippen LogP) is 7.44. The van der Waals surface area contributed by atoms with Crippen LogP contribution in [0.15, 0.2) is 65.1 Å². The van der Waals surface area contributed by atoms with Gasteiger partial charge < -0.3 is 29.2 Å². The fraction of sp³-hybridized carbons (Fsp3) is 0.324. The summed E-state index contributed by atoms with van der Waals surface area (Å²) < 4.78 is 16.8. The van der Waals surface area contributed by atoms with Crippen LogP contribution in [0, 0.1) is 27.7 Å². The number of furan rings is 1. The summed E-state index contributed by atoms with van der Waals surface area (Å²) in [6.07, 6.45) is 2.11. The third kappa shape index (κ3) is 7.25. The van der Waals surface area contributed by atoms with Crippen molar-refractivity contribution in [2.75, 3.05) is 18.1 Å². The molecule has 0 saturated carbocycles. The van der Waals surface area contributed by atoms with Crippen LogP contribution in [0.3, 0.4) is 0 Å². The number of nitrogens with one attached hydrogen (secondary N) is 1. The zero-order valence-corrected chi connectivity index (χ0v) is 26.8. The van der Waals surface area contributed by atoms with Gasteiger partial charge in [0.1, 0.15) is 29.4 Å². The number of carbonyl (C=O) groups excluding carboxylic acids is 2. The smallest absolute Gasteiger partial charge is 0.407 e. The van der Waals surface area contributed by atoms with Gasteiger partial charge in [0.15, 0.2) is 0 Å². The molecule has 1 aromatic heterocycles. The van der Waals surface area contributed by atoms with Gasteiger partial charge >= 0.3 is 12.1 Å². The number of aromatic carboxylic acids is 1. The van der Waals surface area contributed by atoms with E-state index in [1.165, 1.54) is 5.56 Å². The number of nitrogens with zero attached hydrogens (tertiary/aromatic N) is 1. The molecule has 2 amide bonds. The standard InChI is InChI=1S/C37H40N2O7/c1-23-10-5-16-33(24(23)2)44-19-9-17-34(40)39-18-8-14-30-29(13-7-15-32(30)39)28-12-6-11-27(20-28)22-45-37(43)38-21-31-25(3)46-26(4)35(31)36(41)42/h5-7,10-13,15-16,20H,8-9,14,17-19,21-22H2,1-4H3,(H,38,43)(H,41,42). The molecule has 240 valence electrons. The van der Waals surface area contributed by atoms with Crippen molar-refractivity contribution in [1.29, 1.82) is 0 Å². The fourth-order valence-electron chi connectivity index (χ4n) is 5.99. The maximum atomic E-state index is 13.3. The van der Waals surface area contributed by atoms with Crippen LogP contribution in [0.25, 0.3) is 11.1 Å². The lowest BCUT2D eigenvalue weighted by Gasteiger charge is -2.31. The number of anilines is 1. The second-order valence-corrected chi connectivity index (χ2v) is 11.6. The number of hydrogen-bond donors (Lipinski definition) is 2. The highest BCUT2D eigenvalue weighted by atomic mass is 16.5. The summed E-state index contributed by atoms with van der Waals surface area (Å²) in [5, 5.41) is 12.1. The molecule has 0 bridgehead atoms. The Bertz CT molecular complexity index is 1760. The maximum Gasteiger partial charge on any atom is 0.407 e. The van der Waals surface area contributed by atoms with Gasteiger partial charge in [-0.25, -0.2) is 9.59 Å². The summed E-state index contributed by atoms with van der Waals surface area (Å²) in [5.74, 6) is 0.581. The highest BCUT2D eigenvalue weighted by Crippen LogP contribution is 2.36. The van der Waals surface area contributed by atoms with E-state index in [2.05, 4.69) is 24.4 Å². The minimum absolute atomic E-state index is 0.0194. The third-order valence-electron chi connectivity index (χ3n) is 8.52. The van der Waals surface area contributed by atoms with Gasteiger partial charge in [-0.3, -0.25) is 4.79 Å². The molecule has 9 heteroatoms. The number of hydrogen-bond acceptors (Lipinski definition) is 6. The molecule has 1 aliphatic heterocycles. The van der Waals surface area contributed by atoms with Crippen LogP contribution < -0.4 is 15.0 Å². The van der Waals surface area contributed by atoms with Crippen molar-refractivity contribution in [3.8, 4) is 16.9 Å². The summed E-state index contributed by atoms with van der Waals surface area (Å²) in [6.45, 7) is 8.53.